The Labute approximate surface area is 118 Å². The number of halogens is 1. The average molecular weight is 280 g/mol. The molecule has 0 spiro atoms. The third-order valence-electron chi connectivity index (χ3n) is 3.30. The predicted octanol–water partition coefficient (Wildman–Crippen LogP) is 3.67. The highest BCUT2D eigenvalue weighted by atomic mass is 35.5. The second-order valence-corrected chi connectivity index (χ2v) is 5.24. The van der Waals surface area contributed by atoms with Gasteiger partial charge in [-0.05, 0) is 43.4 Å². The number of nitrogens with zero attached hydrogens (tertiary/aromatic N) is 1. The van der Waals surface area contributed by atoms with Crippen molar-refractivity contribution in [2.45, 2.75) is 19.8 Å². The van der Waals surface area contributed by atoms with E-state index in [1.165, 1.54) is 12.8 Å². The van der Waals surface area contributed by atoms with Crippen LogP contribution in [0.5, 0.6) is 0 Å². The Bertz CT molecular complexity index is 495. The van der Waals surface area contributed by atoms with Gasteiger partial charge in [-0.15, -0.1) is 0 Å². The summed E-state index contributed by atoms with van der Waals surface area (Å²) in [6.07, 6.45) is 5.32. The fourth-order valence-electron chi connectivity index (χ4n) is 2.15. The topological polar surface area (TPSA) is 40.5 Å². The van der Waals surface area contributed by atoms with Crippen LogP contribution in [-0.2, 0) is 4.79 Å². The van der Waals surface area contributed by atoms with Crippen molar-refractivity contribution in [1.29, 1.82) is 0 Å². The Morgan fingerprint density at radius 2 is 2.26 bits per heavy atom. The van der Waals surface area contributed by atoms with Gasteiger partial charge in [0.25, 0.3) is 0 Å². The highest BCUT2D eigenvalue weighted by Gasteiger charge is 2.25. The van der Waals surface area contributed by atoms with Gasteiger partial charge in [-0.2, -0.15) is 0 Å². The number of rotatable bonds is 6. The van der Waals surface area contributed by atoms with Crippen LogP contribution < -0.4 is 4.90 Å². The first kappa shape index (κ1) is 13.9. The second kappa shape index (κ2) is 6.11. The lowest BCUT2D eigenvalue weighted by atomic mass is 10.1. The summed E-state index contributed by atoms with van der Waals surface area (Å²) in [5.74, 6) is -0.191. The monoisotopic (exact) mass is 279 g/mol. The van der Waals surface area contributed by atoms with E-state index >= 15 is 0 Å². The number of anilines is 1. The van der Waals surface area contributed by atoms with Crippen molar-refractivity contribution < 1.29 is 9.90 Å². The molecule has 102 valence electrons. The standard InChI is InChI=1S/C15H18ClNO2/c1-2-17(10-11-6-7-11)15-12(8-9-14(18)19)4-3-5-13(15)16/h3-5,8-9,11H,2,6-7,10H2,1H3,(H,18,19)/b9-8+. The molecule has 1 N–H and O–H groups in total. The fourth-order valence-corrected chi connectivity index (χ4v) is 2.45. The van der Waals surface area contributed by atoms with E-state index < -0.39 is 5.97 Å². The largest absolute Gasteiger partial charge is 0.478 e. The Hall–Kier alpha value is -1.48. The van der Waals surface area contributed by atoms with E-state index in [1.807, 2.05) is 18.2 Å². The molecule has 0 heterocycles. The number of hydrogen-bond acceptors (Lipinski definition) is 2. The quantitative estimate of drug-likeness (QED) is 0.808. The molecule has 1 aromatic carbocycles. The number of hydrogen-bond donors (Lipinski definition) is 1. The molecule has 0 aliphatic heterocycles. The Balaban J connectivity index is 2.31. The molecule has 0 amide bonds. The van der Waals surface area contributed by atoms with Gasteiger partial charge in [-0.3, -0.25) is 0 Å². The Morgan fingerprint density at radius 1 is 1.53 bits per heavy atom. The third kappa shape index (κ3) is 3.74. The first-order valence-electron chi connectivity index (χ1n) is 6.56. The van der Waals surface area contributed by atoms with E-state index in [0.29, 0.717) is 5.02 Å². The summed E-state index contributed by atoms with van der Waals surface area (Å²) >= 11 is 6.30. The third-order valence-corrected chi connectivity index (χ3v) is 3.60. The van der Waals surface area contributed by atoms with Gasteiger partial charge in [0, 0.05) is 19.2 Å². The molecular weight excluding hydrogens is 262 g/mol. The maximum Gasteiger partial charge on any atom is 0.328 e. The van der Waals surface area contributed by atoms with Crippen LogP contribution in [0.3, 0.4) is 0 Å². The smallest absolute Gasteiger partial charge is 0.328 e. The van der Waals surface area contributed by atoms with Gasteiger partial charge >= 0.3 is 5.97 Å². The summed E-state index contributed by atoms with van der Waals surface area (Å²) in [6, 6.07) is 5.60. The van der Waals surface area contributed by atoms with Crippen molar-refractivity contribution in [1.82, 2.24) is 0 Å². The second-order valence-electron chi connectivity index (χ2n) is 4.83. The fraction of sp³-hybridized carbons (Fsp3) is 0.400. The normalized spacial score (nSPS) is 14.8. The van der Waals surface area contributed by atoms with Gasteiger partial charge < -0.3 is 10.0 Å². The lowest BCUT2D eigenvalue weighted by molar-refractivity contribution is -0.131. The van der Waals surface area contributed by atoms with Gasteiger partial charge in [-0.1, -0.05) is 23.7 Å². The van der Waals surface area contributed by atoms with E-state index in [2.05, 4.69) is 11.8 Å². The van der Waals surface area contributed by atoms with Crippen molar-refractivity contribution in [3.05, 3.63) is 34.9 Å². The predicted molar refractivity (Wildman–Crippen MR) is 78.7 cm³/mol. The van der Waals surface area contributed by atoms with Crippen molar-refractivity contribution in [3.63, 3.8) is 0 Å². The summed E-state index contributed by atoms with van der Waals surface area (Å²) in [6.45, 7) is 3.96. The first-order valence-corrected chi connectivity index (χ1v) is 6.94. The highest BCUT2D eigenvalue weighted by molar-refractivity contribution is 6.33. The van der Waals surface area contributed by atoms with E-state index in [1.54, 1.807) is 6.08 Å². The molecule has 0 bridgehead atoms. The first-order chi connectivity index (χ1) is 9.11. The van der Waals surface area contributed by atoms with Gasteiger partial charge in [0.05, 0.1) is 10.7 Å². The van der Waals surface area contributed by atoms with Crippen molar-refractivity contribution in [2.24, 2.45) is 5.92 Å². The number of carbonyl (C=O) groups is 1. The molecule has 0 atom stereocenters. The van der Waals surface area contributed by atoms with Crippen LogP contribution in [0, 0.1) is 5.92 Å². The SMILES string of the molecule is CCN(CC1CC1)c1c(Cl)cccc1/C=C/C(=O)O. The van der Waals surface area contributed by atoms with Gasteiger partial charge in [0.1, 0.15) is 0 Å². The molecule has 1 aliphatic carbocycles. The number of carboxylic acids is 1. The average Bonchev–Trinajstić information content (AvgIpc) is 3.18. The highest BCUT2D eigenvalue weighted by Crippen LogP contribution is 2.36. The van der Waals surface area contributed by atoms with Crippen LogP contribution in [0.2, 0.25) is 5.02 Å². The van der Waals surface area contributed by atoms with E-state index in [0.717, 1.165) is 36.3 Å². The van der Waals surface area contributed by atoms with Gasteiger partial charge in [-0.25, -0.2) is 4.79 Å². The number of para-hydroxylation sites is 1. The molecule has 1 aliphatic rings. The lowest BCUT2D eigenvalue weighted by Crippen LogP contribution is -2.26. The molecule has 1 saturated carbocycles. The van der Waals surface area contributed by atoms with Crippen molar-refractivity contribution in [3.8, 4) is 0 Å². The Morgan fingerprint density at radius 3 is 2.84 bits per heavy atom. The summed E-state index contributed by atoms with van der Waals surface area (Å²) in [7, 11) is 0. The molecular formula is C15H18ClNO2. The van der Waals surface area contributed by atoms with Crippen LogP contribution in [0.25, 0.3) is 6.08 Å². The molecule has 0 unspecified atom stereocenters. The molecule has 0 saturated heterocycles. The van der Waals surface area contributed by atoms with Crippen LogP contribution in [0.4, 0.5) is 5.69 Å². The maximum atomic E-state index is 10.7. The van der Waals surface area contributed by atoms with Crippen molar-refractivity contribution >= 4 is 29.3 Å². The van der Waals surface area contributed by atoms with Gasteiger partial charge in [0.2, 0.25) is 0 Å². The van der Waals surface area contributed by atoms with Crippen LogP contribution >= 0.6 is 11.6 Å². The summed E-state index contributed by atoms with van der Waals surface area (Å²) in [5.41, 5.74) is 1.80. The minimum atomic E-state index is -0.948. The summed E-state index contributed by atoms with van der Waals surface area (Å²) in [4.78, 5) is 12.9. The lowest BCUT2D eigenvalue weighted by Gasteiger charge is -2.26. The molecule has 3 nitrogen and oxygen atoms in total. The minimum Gasteiger partial charge on any atom is -0.478 e. The molecule has 1 aromatic rings. The summed E-state index contributed by atoms with van der Waals surface area (Å²) < 4.78 is 0. The molecule has 19 heavy (non-hydrogen) atoms. The number of aliphatic carboxylic acids is 1. The maximum absolute atomic E-state index is 10.7. The zero-order valence-electron chi connectivity index (χ0n) is 11.0. The van der Waals surface area contributed by atoms with Gasteiger partial charge in [0.15, 0.2) is 0 Å². The molecule has 4 heteroatoms. The van der Waals surface area contributed by atoms with E-state index in [4.69, 9.17) is 16.7 Å². The number of benzene rings is 1. The zero-order chi connectivity index (χ0) is 13.8. The minimum absolute atomic E-state index is 0.676. The number of carboxylic acid groups (broad SMARTS) is 1. The molecule has 0 aromatic heterocycles. The summed E-state index contributed by atoms with van der Waals surface area (Å²) in [5, 5.41) is 9.43. The molecule has 0 radical (unpaired) electrons. The van der Waals surface area contributed by atoms with Crippen LogP contribution in [0.1, 0.15) is 25.3 Å². The van der Waals surface area contributed by atoms with E-state index in [-0.39, 0.29) is 0 Å². The molecule has 2 rings (SSSR count). The van der Waals surface area contributed by atoms with Crippen LogP contribution in [0.15, 0.2) is 24.3 Å². The molecule has 1 fully saturated rings. The van der Waals surface area contributed by atoms with E-state index in [9.17, 15) is 4.79 Å². The Kier molecular flexibility index (Phi) is 4.48. The zero-order valence-corrected chi connectivity index (χ0v) is 11.7. The van der Waals surface area contributed by atoms with Crippen LogP contribution in [-0.4, -0.2) is 24.2 Å². The van der Waals surface area contributed by atoms with Crippen molar-refractivity contribution in [2.75, 3.05) is 18.0 Å².